The zero-order valence-corrected chi connectivity index (χ0v) is 13.2. The van der Waals surface area contributed by atoms with Crippen molar-refractivity contribution in [3.63, 3.8) is 0 Å². The molecule has 0 heterocycles. The van der Waals surface area contributed by atoms with Gasteiger partial charge in [-0.1, -0.05) is 18.2 Å². The van der Waals surface area contributed by atoms with Gasteiger partial charge in [0.15, 0.2) is 0 Å². The maximum Gasteiger partial charge on any atom is 0.276 e. The molecule has 2 aromatic carbocycles. The molecule has 1 atom stereocenters. The Kier molecular flexibility index (Phi) is 5.23. The summed E-state index contributed by atoms with van der Waals surface area (Å²) in [5.41, 5.74) is -0.297. The van der Waals surface area contributed by atoms with Crippen LogP contribution in [0.25, 0.3) is 0 Å². The molecule has 0 bridgehead atoms. The normalized spacial score (nSPS) is 11.8. The number of nitro groups is 1. The summed E-state index contributed by atoms with van der Waals surface area (Å²) in [6, 6.07) is 7.73. The van der Waals surface area contributed by atoms with Crippen LogP contribution in [0, 0.1) is 28.7 Å². The molecule has 126 valence electrons. The van der Waals surface area contributed by atoms with Crippen molar-refractivity contribution in [3.05, 3.63) is 74.8 Å². The van der Waals surface area contributed by atoms with E-state index in [2.05, 4.69) is 5.32 Å². The van der Waals surface area contributed by atoms with Crippen molar-refractivity contribution in [1.82, 2.24) is 5.32 Å². The number of nitrogens with zero attached hydrogens (tertiary/aromatic N) is 1. The number of nitrogens with one attached hydrogen (secondary N) is 1. The number of carbonyl (C=O) groups excluding carboxylic acids is 1. The predicted molar refractivity (Wildman–Crippen MR) is 84.8 cm³/mol. The van der Waals surface area contributed by atoms with Crippen molar-refractivity contribution in [3.8, 4) is 0 Å². The number of hydrogen-bond donors (Lipinski definition) is 1. The van der Waals surface area contributed by atoms with E-state index in [1.807, 2.05) is 0 Å². The second-order valence-electron chi connectivity index (χ2n) is 5.53. The summed E-state index contributed by atoms with van der Waals surface area (Å²) in [5, 5.41) is 13.5. The molecule has 0 aliphatic heterocycles. The number of hydrogen-bond acceptors (Lipinski definition) is 3. The van der Waals surface area contributed by atoms with E-state index in [0.29, 0.717) is 5.56 Å². The van der Waals surface area contributed by atoms with E-state index in [9.17, 15) is 23.7 Å². The Morgan fingerprint density at radius 1 is 1.25 bits per heavy atom. The van der Waals surface area contributed by atoms with Crippen molar-refractivity contribution < 1.29 is 18.5 Å². The molecule has 0 aromatic heterocycles. The lowest BCUT2D eigenvalue weighted by Gasteiger charge is -2.15. The van der Waals surface area contributed by atoms with Gasteiger partial charge in [0.25, 0.3) is 11.6 Å². The van der Waals surface area contributed by atoms with Gasteiger partial charge in [-0.25, -0.2) is 8.78 Å². The summed E-state index contributed by atoms with van der Waals surface area (Å²) < 4.78 is 27.4. The summed E-state index contributed by atoms with van der Waals surface area (Å²) >= 11 is 0. The molecular formula is C17H16F2N2O3. The van der Waals surface area contributed by atoms with Gasteiger partial charge in [0.2, 0.25) is 0 Å². The highest BCUT2D eigenvalue weighted by atomic mass is 19.1. The average Bonchev–Trinajstić information content (AvgIpc) is 2.51. The number of amides is 1. The largest absolute Gasteiger partial charge is 0.349 e. The highest BCUT2D eigenvalue weighted by Crippen LogP contribution is 2.23. The summed E-state index contributed by atoms with van der Waals surface area (Å²) in [7, 11) is 0. The smallest absolute Gasteiger partial charge is 0.276 e. The maximum atomic E-state index is 13.8. The van der Waals surface area contributed by atoms with Crippen LogP contribution in [-0.2, 0) is 6.42 Å². The van der Waals surface area contributed by atoms with Crippen molar-refractivity contribution in [2.45, 2.75) is 26.3 Å². The number of rotatable bonds is 5. The number of halogens is 2. The van der Waals surface area contributed by atoms with E-state index in [1.165, 1.54) is 13.0 Å². The number of carbonyl (C=O) groups is 1. The molecule has 5 nitrogen and oxygen atoms in total. The van der Waals surface area contributed by atoms with Crippen LogP contribution in [0.3, 0.4) is 0 Å². The lowest BCUT2D eigenvalue weighted by Crippen LogP contribution is -2.34. The SMILES string of the molecule is Cc1c(F)cc(C(=O)NC(C)Cc2ccccc2F)cc1[N+](=O)[O-]. The summed E-state index contributed by atoms with van der Waals surface area (Å²) in [5.74, 6) is -1.85. The molecule has 1 amide bonds. The molecule has 2 rings (SSSR count). The summed E-state index contributed by atoms with van der Waals surface area (Å²) in [4.78, 5) is 22.4. The van der Waals surface area contributed by atoms with Gasteiger partial charge in [-0.2, -0.15) is 0 Å². The van der Waals surface area contributed by atoms with Crippen molar-refractivity contribution >= 4 is 11.6 Å². The second kappa shape index (κ2) is 7.16. The quantitative estimate of drug-likeness (QED) is 0.671. The molecule has 7 heteroatoms. The van der Waals surface area contributed by atoms with Crippen LogP contribution < -0.4 is 5.32 Å². The molecule has 0 aliphatic rings. The molecule has 0 radical (unpaired) electrons. The van der Waals surface area contributed by atoms with Crippen LogP contribution in [0.1, 0.15) is 28.4 Å². The van der Waals surface area contributed by atoms with Crippen molar-refractivity contribution in [1.29, 1.82) is 0 Å². The Balaban J connectivity index is 2.15. The molecule has 0 saturated heterocycles. The minimum absolute atomic E-state index is 0.129. The van der Waals surface area contributed by atoms with E-state index in [1.54, 1.807) is 25.1 Å². The zero-order chi connectivity index (χ0) is 17.9. The first-order valence-corrected chi connectivity index (χ1v) is 7.28. The van der Waals surface area contributed by atoms with Gasteiger partial charge in [-0.05, 0) is 38.0 Å². The molecule has 24 heavy (non-hydrogen) atoms. The molecule has 0 fully saturated rings. The molecule has 0 saturated carbocycles. The first-order chi connectivity index (χ1) is 11.3. The lowest BCUT2D eigenvalue weighted by atomic mass is 10.1. The molecule has 2 aromatic rings. The van der Waals surface area contributed by atoms with Gasteiger partial charge in [-0.15, -0.1) is 0 Å². The van der Waals surface area contributed by atoms with Crippen LogP contribution >= 0.6 is 0 Å². The molecule has 0 spiro atoms. The predicted octanol–water partition coefficient (Wildman–Crippen LogP) is 3.54. The van der Waals surface area contributed by atoms with Gasteiger partial charge in [0.05, 0.1) is 10.5 Å². The lowest BCUT2D eigenvalue weighted by molar-refractivity contribution is -0.385. The van der Waals surface area contributed by atoms with Crippen LogP contribution in [0.5, 0.6) is 0 Å². The van der Waals surface area contributed by atoms with E-state index in [0.717, 1.165) is 12.1 Å². The number of nitro benzene ring substituents is 1. The molecule has 1 N–H and O–H groups in total. The van der Waals surface area contributed by atoms with E-state index in [4.69, 9.17) is 0 Å². The maximum absolute atomic E-state index is 13.8. The van der Waals surface area contributed by atoms with E-state index >= 15 is 0 Å². The standard InChI is InChI=1S/C17H16F2N2O3/c1-10(7-12-5-3-4-6-14(12)18)20-17(22)13-8-15(19)11(2)16(9-13)21(23)24/h3-6,8-10H,7H2,1-2H3,(H,20,22). The summed E-state index contributed by atoms with van der Waals surface area (Å²) in [6.07, 6.45) is 0.245. The van der Waals surface area contributed by atoms with Gasteiger partial charge in [-0.3, -0.25) is 14.9 Å². The zero-order valence-electron chi connectivity index (χ0n) is 13.2. The Morgan fingerprint density at radius 2 is 1.92 bits per heavy atom. The third-order valence-electron chi connectivity index (χ3n) is 3.64. The van der Waals surface area contributed by atoms with Crippen molar-refractivity contribution in [2.75, 3.05) is 0 Å². The van der Waals surface area contributed by atoms with Crippen LogP contribution in [0.15, 0.2) is 36.4 Å². The first kappa shape index (κ1) is 17.5. The summed E-state index contributed by atoms with van der Waals surface area (Å²) in [6.45, 7) is 2.94. The third kappa shape index (κ3) is 3.92. The first-order valence-electron chi connectivity index (χ1n) is 7.28. The fourth-order valence-electron chi connectivity index (χ4n) is 2.34. The van der Waals surface area contributed by atoms with Crippen LogP contribution in [-0.4, -0.2) is 16.9 Å². The highest BCUT2D eigenvalue weighted by molar-refractivity contribution is 5.95. The van der Waals surface area contributed by atoms with Gasteiger partial charge in [0.1, 0.15) is 11.6 Å². The molecular weight excluding hydrogens is 318 g/mol. The second-order valence-corrected chi connectivity index (χ2v) is 5.53. The topological polar surface area (TPSA) is 72.2 Å². The Labute approximate surface area is 137 Å². The van der Waals surface area contributed by atoms with E-state index in [-0.39, 0.29) is 23.4 Å². The fraction of sp³-hybridized carbons (Fsp3) is 0.235. The van der Waals surface area contributed by atoms with Crippen LogP contribution in [0.2, 0.25) is 0 Å². The van der Waals surface area contributed by atoms with Gasteiger partial charge < -0.3 is 5.32 Å². The third-order valence-corrected chi connectivity index (χ3v) is 3.64. The van der Waals surface area contributed by atoms with Crippen molar-refractivity contribution in [2.24, 2.45) is 0 Å². The Morgan fingerprint density at radius 3 is 2.54 bits per heavy atom. The minimum Gasteiger partial charge on any atom is -0.349 e. The van der Waals surface area contributed by atoms with Gasteiger partial charge >= 0.3 is 0 Å². The monoisotopic (exact) mass is 334 g/mol. The van der Waals surface area contributed by atoms with Gasteiger partial charge in [0, 0.05) is 17.7 Å². The minimum atomic E-state index is -0.823. The fourth-order valence-corrected chi connectivity index (χ4v) is 2.34. The highest BCUT2D eigenvalue weighted by Gasteiger charge is 2.20. The average molecular weight is 334 g/mol. The Bertz CT molecular complexity index is 793. The van der Waals surface area contributed by atoms with Crippen LogP contribution in [0.4, 0.5) is 14.5 Å². The Hall–Kier alpha value is -2.83. The molecule has 0 aliphatic carbocycles. The van der Waals surface area contributed by atoms with E-state index < -0.39 is 28.4 Å². The number of benzene rings is 2. The molecule has 1 unspecified atom stereocenters.